The van der Waals surface area contributed by atoms with Gasteiger partial charge in [-0.2, -0.15) is 0 Å². The summed E-state index contributed by atoms with van der Waals surface area (Å²) in [7, 11) is 1.66. The van der Waals surface area contributed by atoms with Crippen LogP contribution in [0.4, 0.5) is 10.5 Å². The first kappa shape index (κ1) is 20.2. The highest BCUT2D eigenvalue weighted by molar-refractivity contribution is 5.92. The van der Waals surface area contributed by atoms with Crippen LogP contribution < -0.4 is 10.1 Å². The molecule has 0 fully saturated rings. The van der Waals surface area contributed by atoms with E-state index in [0.29, 0.717) is 6.54 Å². The molecule has 1 aliphatic heterocycles. The summed E-state index contributed by atoms with van der Waals surface area (Å²) in [5, 5.41) is 4.37. The molecule has 1 aliphatic rings. The van der Waals surface area contributed by atoms with Gasteiger partial charge in [0.2, 0.25) is 0 Å². The molecule has 2 heterocycles. The lowest BCUT2D eigenvalue weighted by Crippen LogP contribution is -2.43. The van der Waals surface area contributed by atoms with Crippen molar-refractivity contribution in [3.63, 3.8) is 0 Å². The molecule has 0 aliphatic carbocycles. The second-order valence-electron chi connectivity index (χ2n) is 8.43. The van der Waals surface area contributed by atoms with E-state index in [2.05, 4.69) is 41.5 Å². The number of nitrogens with zero attached hydrogens (tertiary/aromatic N) is 1. The molecular formula is C27H27N3O2. The Hall–Kier alpha value is -3.73. The summed E-state index contributed by atoms with van der Waals surface area (Å²) in [5.41, 5.74) is 7.61. The number of para-hydroxylation sites is 1. The normalized spacial score (nSPS) is 15.5. The molecule has 4 aromatic rings. The topological polar surface area (TPSA) is 57.4 Å². The molecule has 0 spiro atoms. The first-order chi connectivity index (χ1) is 15.5. The summed E-state index contributed by atoms with van der Waals surface area (Å²) in [6.07, 6.45) is 0.812. The third kappa shape index (κ3) is 3.50. The lowest BCUT2D eigenvalue weighted by molar-refractivity contribution is 0.193. The van der Waals surface area contributed by atoms with Gasteiger partial charge < -0.3 is 19.9 Å². The Labute approximate surface area is 188 Å². The molecule has 5 rings (SSSR count). The second kappa shape index (κ2) is 8.08. The molecule has 32 heavy (non-hydrogen) atoms. The van der Waals surface area contributed by atoms with Crippen LogP contribution in [0.5, 0.6) is 5.75 Å². The molecule has 162 valence electrons. The van der Waals surface area contributed by atoms with Crippen LogP contribution >= 0.6 is 0 Å². The van der Waals surface area contributed by atoms with Crippen molar-refractivity contribution < 1.29 is 9.53 Å². The van der Waals surface area contributed by atoms with E-state index < -0.39 is 0 Å². The number of anilines is 1. The first-order valence-corrected chi connectivity index (χ1v) is 10.9. The number of amides is 2. The van der Waals surface area contributed by atoms with E-state index in [0.717, 1.165) is 40.2 Å². The van der Waals surface area contributed by atoms with Crippen molar-refractivity contribution in [3.05, 3.63) is 94.7 Å². The third-order valence-electron chi connectivity index (χ3n) is 6.35. The van der Waals surface area contributed by atoms with E-state index in [9.17, 15) is 4.79 Å². The molecule has 0 saturated carbocycles. The molecule has 5 nitrogen and oxygen atoms in total. The Bertz CT molecular complexity index is 1290. The van der Waals surface area contributed by atoms with Crippen LogP contribution in [0.1, 0.15) is 34.0 Å². The highest BCUT2D eigenvalue weighted by atomic mass is 16.5. The molecule has 1 aromatic heterocycles. The van der Waals surface area contributed by atoms with Crippen molar-refractivity contribution in [2.45, 2.75) is 26.3 Å². The lowest BCUT2D eigenvalue weighted by atomic mass is 9.92. The third-order valence-corrected chi connectivity index (χ3v) is 6.35. The van der Waals surface area contributed by atoms with E-state index >= 15 is 0 Å². The van der Waals surface area contributed by atoms with Crippen molar-refractivity contribution in [2.24, 2.45) is 0 Å². The minimum Gasteiger partial charge on any atom is -0.497 e. The zero-order valence-electron chi connectivity index (χ0n) is 18.6. The number of aryl methyl sites for hydroxylation is 2. The number of hydrogen-bond donors (Lipinski definition) is 2. The van der Waals surface area contributed by atoms with Crippen LogP contribution in [0.2, 0.25) is 0 Å². The molecular weight excluding hydrogens is 398 g/mol. The molecule has 0 saturated heterocycles. The van der Waals surface area contributed by atoms with Gasteiger partial charge in [0.25, 0.3) is 0 Å². The standard InChI is InChI=1S/C27H27N3O2/c1-17-8-13-23(18(2)16-17)29-27(31)30-15-14-22-21-6-4-5-7-24(21)28-25(22)26(30)19-9-11-20(32-3)12-10-19/h4-13,16,26,28H,14-15H2,1-3H3,(H,29,31)/t26-/m0/s1. The number of ether oxygens (including phenoxy) is 1. The minimum absolute atomic E-state index is 0.0953. The Balaban J connectivity index is 1.56. The molecule has 3 aromatic carbocycles. The molecule has 0 unspecified atom stereocenters. The maximum Gasteiger partial charge on any atom is 0.322 e. The van der Waals surface area contributed by atoms with E-state index in [-0.39, 0.29) is 12.1 Å². The number of hydrogen-bond acceptors (Lipinski definition) is 2. The van der Waals surface area contributed by atoms with Crippen molar-refractivity contribution in [1.82, 2.24) is 9.88 Å². The van der Waals surface area contributed by atoms with Gasteiger partial charge in [-0.25, -0.2) is 4.79 Å². The Morgan fingerprint density at radius 2 is 1.84 bits per heavy atom. The van der Waals surface area contributed by atoms with Crippen LogP contribution in [0.25, 0.3) is 10.9 Å². The number of methoxy groups -OCH3 is 1. The number of aromatic nitrogens is 1. The highest BCUT2D eigenvalue weighted by Gasteiger charge is 2.34. The van der Waals surface area contributed by atoms with E-state index in [4.69, 9.17) is 4.74 Å². The van der Waals surface area contributed by atoms with Crippen LogP contribution in [0, 0.1) is 13.8 Å². The second-order valence-corrected chi connectivity index (χ2v) is 8.43. The monoisotopic (exact) mass is 425 g/mol. The van der Waals surface area contributed by atoms with Gasteiger partial charge in [-0.05, 0) is 61.2 Å². The molecule has 1 atom stereocenters. The maximum absolute atomic E-state index is 13.5. The van der Waals surface area contributed by atoms with Gasteiger partial charge in [-0.1, -0.05) is 48.0 Å². The van der Waals surface area contributed by atoms with Gasteiger partial charge in [0.05, 0.1) is 13.2 Å². The summed E-state index contributed by atoms with van der Waals surface area (Å²) >= 11 is 0. The Morgan fingerprint density at radius 1 is 1.06 bits per heavy atom. The predicted octanol–water partition coefficient (Wildman–Crippen LogP) is 5.97. The lowest BCUT2D eigenvalue weighted by Gasteiger charge is -2.36. The fraction of sp³-hybridized carbons (Fsp3) is 0.222. The number of fused-ring (bicyclic) bond motifs is 3. The molecule has 5 heteroatoms. The Kier molecular flexibility index (Phi) is 5.10. The molecule has 0 radical (unpaired) electrons. The van der Waals surface area contributed by atoms with E-state index in [1.165, 1.54) is 16.5 Å². The molecule has 2 amide bonds. The van der Waals surface area contributed by atoms with E-state index in [1.54, 1.807) is 7.11 Å². The van der Waals surface area contributed by atoms with Crippen LogP contribution in [0.3, 0.4) is 0 Å². The zero-order chi connectivity index (χ0) is 22.2. The number of benzene rings is 3. The van der Waals surface area contributed by atoms with Gasteiger partial charge in [0.1, 0.15) is 5.75 Å². The zero-order valence-corrected chi connectivity index (χ0v) is 18.6. The number of aromatic amines is 1. The van der Waals surface area contributed by atoms with Gasteiger partial charge in [-0.15, -0.1) is 0 Å². The van der Waals surface area contributed by atoms with Gasteiger partial charge in [0, 0.05) is 28.8 Å². The van der Waals surface area contributed by atoms with Crippen molar-refractivity contribution in [1.29, 1.82) is 0 Å². The average Bonchev–Trinajstić information content (AvgIpc) is 3.19. The quantitative estimate of drug-likeness (QED) is 0.425. The van der Waals surface area contributed by atoms with Crippen LogP contribution in [0.15, 0.2) is 66.7 Å². The average molecular weight is 426 g/mol. The SMILES string of the molecule is COc1ccc([C@H]2c3[nH]c4ccccc4c3CCN2C(=O)Nc2ccc(C)cc2C)cc1. The minimum atomic E-state index is -0.206. The number of nitrogens with one attached hydrogen (secondary N) is 2. The summed E-state index contributed by atoms with van der Waals surface area (Å²) in [4.78, 5) is 19.0. The summed E-state index contributed by atoms with van der Waals surface area (Å²) in [6.45, 7) is 4.72. The molecule has 2 N–H and O–H groups in total. The summed E-state index contributed by atoms with van der Waals surface area (Å²) < 4.78 is 5.35. The number of urea groups is 1. The Morgan fingerprint density at radius 3 is 2.59 bits per heavy atom. The van der Waals surface area contributed by atoms with E-state index in [1.807, 2.05) is 54.3 Å². The van der Waals surface area contributed by atoms with Crippen molar-refractivity contribution >= 4 is 22.6 Å². The number of carbonyl (C=O) groups excluding carboxylic acids is 1. The number of carbonyl (C=O) groups is 1. The van der Waals surface area contributed by atoms with Gasteiger partial charge >= 0.3 is 6.03 Å². The highest BCUT2D eigenvalue weighted by Crippen LogP contribution is 2.39. The fourth-order valence-electron chi connectivity index (χ4n) is 4.73. The first-order valence-electron chi connectivity index (χ1n) is 10.9. The van der Waals surface area contributed by atoms with Gasteiger partial charge in [0.15, 0.2) is 0 Å². The fourth-order valence-corrected chi connectivity index (χ4v) is 4.73. The predicted molar refractivity (Wildman–Crippen MR) is 128 cm³/mol. The molecule has 0 bridgehead atoms. The summed E-state index contributed by atoms with van der Waals surface area (Å²) in [6, 6.07) is 22.1. The number of rotatable bonds is 3. The van der Waals surface area contributed by atoms with Crippen LogP contribution in [-0.4, -0.2) is 29.6 Å². The summed E-state index contributed by atoms with van der Waals surface area (Å²) in [5.74, 6) is 0.799. The van der Waals surface area contributed by atoms with Crippen molar-refractivity contribution in [2.75, 3.05) is 19.0 Å². The largest absolute Gasteiger partial charge is 0.497 e. The van der Waals surface area contributed by atoms with Gasteiger partial charge in [-0.3, -0.25) is 0 Å². The van der Waals surface area contributed by atoms with Crippen LogP contribution in [-0.2, 0) is 6.42 Å². The maximum atomic E-state index is 13.5. The number of H-pyrrole nitrogens is 1. The smallest absolute Gasteiger partial charge is 0.322 e. The van der Waals surface area contributed by atoms with Crippen molar-refractivity contribution in [3.8, 4) is 5.75 Å².